The number of nitrogens with zero attached hydrogens (tertiary/aromatic N) is 2. The topological polar surface area (TPSA) is 112 Å². The van der Waals surface area contributed by atoms with Crippen LogP contribution >= 0.6 is 11.5 Å². The van der Waals surface area contributed by atoms with Crippen LogP contribution in [0.3, 0.4) is 0 Å². The number of carboxylic acid groups (broad SMARTS) is 1. The Hall–Kier alpha value is -3.00. The van der Waals surface area contributed by atoms with Crippen LogP contribution in [0.4, 0.5) is 0 Å². The molecule has 0 spiro atoms. The molecule has 8 heteroatoms. The Balaban J connectivity index is 2.20. The molecule has 2 heterocycles. The van der Waals surface area contributed by atoms with Gasteiger partial charge >= 0.3 is 5.97 Å². The highest BCUT2D eigenvalue weighted by Crippen LogP contribution is 2.38. The zero-order chi connectivity index (χ0) is 17.3. The fraction of sp³-hybridized carbons (Fsp3) is 0.125. The van der Waals surface area contributed by atoms with Gasteiger partial charge in [0.2, 0.25) is 0 Å². The second-order valence-electron chi connectivity index (χ2n) is 5.07. The number of fused-ring (bicyclic) bond motifs is 1. The average Bonchev–Trinajstić information content (AvgIpc) is 2.96. The zero-order valence-corrected chi connectivity index (χ0v) is 13.4. The first kappa shape index (κ1) is 15.9. The van der Waals surface area contributed by atoms with Gasteiger partial charge in [-0.3, -0.25) is 9.59 Å². The number of carbonyl (C=O) groups excluding carboxylic acids is 1. The summed E-state index contributed by atoms with van der Waals surface area (Å²) in [7, 11) is 0. The quantitative estimate of drug-likeness (QED) is 0.669. The first-order valence-corrected chi connectivity index (χ1v) is 7.80. The summed E-state index contributed by atoms with van der Waals surface area (Å²) in [5.41, 5.74) is 1.79. The lowest BCUT2D eigenvalue weighted by Crippen LogP contribution is -2.30. The standard InChI is InChI=1S/C16H13N3O4S/c1-8-11-12(9-5-3-2-4-6-9)18-13(14(22)15(11)24-19-8)16(23)17-7-10(20)21/h2-6,22H,7H2,1H3,(H,17,23)(H,20,21). The molecule has 0 bridgehead atoms. The number of benzene rings is 1. The Morgan fingerprint density at radius 1 is 1.25 bits per heavy atom. The van der Waals surface area contributed by atoms with Gasteiger partial charge in [0.15, 0.2) is 11.4 Å². The molecule has 0 aliphatic rings. The SMILES string of the molecule is Cc1nsc2c(O)c(C(=O)NCC(=O)O)nc(-c3ccccc3)c12. The molecular formula is C16H13N3O4S. The number of rotatable bonds is 4. The van der Waals surface area contributed by atoms with Gasteiger partial charge in [-0.2, -0.15) is 4.37 Å². The van der Waals surface area contributed by atoms with Gasteiger partial charge in [-0.05, 0) is 18.5 Å². The van der Waals surface area contributed by atoms with Crippen molar-refractivity contribution in [3.63, 3.8) is 0 Å². The molecular weight excluding hydrogens is 330 g/mol. The minimum atomic E-state index is -1.18. The van der Waals surface area contributed by atoms with E-state index in [9.17, 15) is 14.7 Å². The van der Waals surface area contributed by atoms with E-state index >= 15 is 0 Å². The van der Waals surface area contributed by atoms with E-state index in [0.29, 0.717) is 21.5 Å². The van der Waals surface area contributed by atoms with E-state index in [1.165, 1.54) is 0 Å². The van der Waals surface area contributed by atoms with Crippen molar-refractivity contribution in [3.8, 4) is 17.0 Å². The van der Waals surface area contributed by atoms with Gasteiger partial charge in [0, 0.05) is 10.9 Å². The van der Waals surface area contributed by atoms with Gasteiger partial charge in [0.05, 0.1) is 11.4 Å². The lowest BCUT2D eigenvalue weighted by atomic mass is 10.1. The van der Waals surface area contributed by atoms with Crippen LogP contribution in [0.25, 0.3) is 21.3 Å². The third-order valence-electron chi connectivity index (χ3n) is 3.42. The Kier molecular flexibility index (Phi) is 4.13. The number of amides is 1. The predicted octanol–water partition coefficient (Wildman–Crippen LogP) is 2.19. The van der Waals surface area contributed by atoms with Crippen molar-refractivity contribution < 1.29 is 19.8 Å². The molecule has 0 fully saturated rings. The summed E-state index contributed by atoms with van der Waals surface area (Å²) in [6, 6.07) is 9.23. The van der Waals surface area contributed by atoms with Gasteiger partial charge in [-0.1, -0.05) is 30.3 Å². The van der Waals surface area contributed by atoms with Gasteiger partial charge in [-0.15, -0.1) is 0 Å². The molecule has 0 saturated heterocycles. The summed E-state index contributed by atoms with van der Waals surface area (Å²) in [6.07, 6.45) is 0. The third kappa shape index (κ3) is 2.79. The molecule has 24 heavy (non-hydrogen) atoms. The Labute approximate surface area is 140 Å². The van der Waals surface area contributed by atoms with E-state index in [2.05, 4.69) is 14.7 Å². The van der Waals surface area contributed by atoms with E-state index < -0.39 is 18.4 Å². The van der Waals surface area contributed by atoms with E-state index in [-0.39, 0.29) is 11.4 Å². The first-order valence-electron chi connectivity index (χ1n) is 7.03. The summed E-state index contributed by atoms with van der Waals surface area (Å²) in [4.78, 5) is 27.1. The maximum atomic E-state index is 12.2. The second kappa shape index (κ2) is 6.25. The molecule has 0 atom stereocenters. The largest absolute Gasteiger partial charge is 0.504 e. The lowest BCUT2D eigenvalue weighted by Gasteiger charge is -2.09. The first-order chi connectivity index (χ1) is 11.5. The van der Waals surface area contributed by atoms with Crippen molar-refractivity contribution in [2.75, 3.05) is 6.54 Å². The molecule has 0 unspecified atom stereocenters. The highest BCUT2D eigenvalue weighted by atomic mass is 32.1. The number of carbonyl (C=O) groups is 2. The molecule has 0 aliphatic heterocycles. The highest BCUT2D eigenvalue weighted by Gasteiger charge is 2.23. The van der Waals surface area contributed by atoms with Crippen LogP contribution in [0, 0.1) is 6.92 Å². The van der Waals surface area contributed by atoms with Crippen molar-refractivity contribution in [2.24, 2.45) is 0 Å². The van der Waals surface area contributed by atoms with E-state index in [4.69, 9.17) is 5.11 Å². The number of aliphatic carboxylic acids is 1. The van der Waals surface area contributed by atoms with Crippen LogP contribution in [-0.2, 0) is 4.79 Å². The fourth-order valence-electron chi connectivity index (χ4n) is 2.34. The van der Waals surface area contributed by atoms with Crippen molar-refractivity contribution in [3.05, 3.63) is 41.7 Å². The highest BCUT2D eigenvalue weighted by molar-refractivity contribution is 7.14. The van der Waals surface area contributed by atoms with Crippen LogP contribution < -0.4 is 5.32 Å². The normalized spacial score (nSPS) is 10.7. The number of nitrogens with one attached hydrogen (secondary N) is 1. The number of aryl methyl sites for hydroxylation is 1. The summed E-state index contributed by atoms with van der Waals surface area (Å²) in [5, 5.41) is 21.9. The van der Waals surface area contributed by atoms with E-state index in [0.717, 1.165) is 17.1 Å². The van der Waals surface area contributed by atoms with Crippen molar-refractivity contribution in [1.29, 1.82) is 0 Å². The summed E-state index contributed by atoms with van der Waals surface area (Å²) >= 11 is 1.07. The minimum Gasteiger partial charge on any atom is -0.504 e. The average molecular weight is 343 g/mol. The molecule has 7 nitrogen and oxygen atoms in total. The van der Waals surface area contributed by atoms with E-state index in [1.54, 1.807) is 6.92 Å². The number of hydrogen-bond donors (Lipinski definition) is 3. The molecule has 0 saturated carbocycles. The van der Waals surface area contributed by atoms with Crippen molar-refractivity contribution >= 4 is 33.5 Å². The van der Waals surface area contributed by atoms with Crippen molar-refractivity contribution in [2.45, 2.75) is 6.92 Å². The smallest absolute Gasteiger partial charge is 0.322 e. The summed E-state index contributed by atoms with van der Waals surface area (Å²) < 4.78 is 4.68. The number of carboxylic acids is 1. The maximum absolute atomic E-state index is 12.2. The zero-order valence-electron chi connectivity index (χ0n) is 12.6. The number of pyridine rings is 1. The second-order valence-corrected chi connectivity index (χ2v) is 5.85. The number of aromatic hydroxyl groups is 1. The maximum Gasteiger partial charge on any atom is 0.322 e. The predicted molar refractivity (Wildman–Crippen MR) is 89.2 cm³/mol. The number of aromatic nitrogens is 2. The molecule has 122 valence electrons. The third-order valence-corrected chi connectivity index (χ3v) is 4.37. The molecule has 1 amide bonds. The molecule has 0 aliphatic carbocycles. The van der Waals surface area contributed by atoms with Crippen LogP contribution in [0.1, 0.15) is 16.2 Å². The molecule has 2 aromatic heterocycles. The van der Waals surface area contributed by atoms with Gasteiger partial charge in [-0.25, -0.2) is 4.98 Å². The molecule has 3 N–H and O–H groups in total. The van der Waals surface area contributed by atoms with Gasteiger partial charge in [0.1, 0.15) is 11.2 Å². The Bertz CT molecular complexity index is 937. The molecule has 3 aromatic rings. The van der Waals surface area contributed by atoms with Gasteiger partial charge in [0.25, 0.3) is 5.91 Å². The lowest BCUT2D eigenvalue weighted by molar-refractivity contribution is -0.135. The van der Waals surface area contributed by atoms with Crippen molar-refractivity contribution in [1.82, 2.24) is 14.7 Å². The van der Waals surface area contributed by atoms with E-state index in [1.807, 2.05) is 30.3 Å². The van der Waals surface area contributed by atoms with Crippen LogP contribution in [0.15, 0.2) is 30.3 Å². The van der Waals surface area contributed by atoms with Gasteiger partial charge < -0.3 is 15.5 Å². The van der Waals surface area contributed by atoms with Crippen LogP contribution in [-0.4, -0.2) is 38.0 Å². The molecule has 1 aromatic carbocycles. The Morgan fingerprint density at radius 2 is 1.96 bits per heavy atom. The molecule has 3 rings (SSSR count). The summed E-state index contributed by atoms with van der Waals surface area (Å²) in [6.45, 7) is 1.25. The minimum absolute atomic E-state index is 0.216. The summed E-state index contributed by atoms with van der Waals surface area (Å²) in [5.74, 6) is -2.22. The monoisotopic (exact) mass is 343 g/mol. The number of hydrogen-bond acceptors (Lipinski definition) is 6. The molecule has 0 radical (unpaired) electrons. The van der Waals surface area contributed by atoms with Crippen LogP contribution in [0.5, 0.6) is 5.75 Å². The fourth-order valence-corrected chi connectivity index (χ4v) is 3.18. The Morgan fingerprint density at radius 3 is 2.62 bits per heavy atom. The van der Waals surface area contributed by atoms with Crippen LogP contribution in [0.2, 0.25) is 0 Å².